The van der Waals surface area contributed by atoms with Crippen molar-refractivity contribution in [3.05, 3.63) is 29.6 Å². The third-order valence-electron chi connectivity index (χ3n) is 2.11. The van der Waals surface area contributed by atoms with Gasteiger partial charge in [-0.3, -0.25) is 9.78 Å². The Morgan fingerprint density at radius 3 is 3.12 bits per heavy atom. The van der Waals surface area contributed by atoms with Crippen LogP contribution in [0.25, 0.3) is 0 Å². The van der Waals surface area contributed by atoms with Crippen molar-refractivity contribution in [2.75, 3.05) is 13.1 Å². The summed E-state index contributed by atoms with van der Waals surface area (Å²) in [7, 11) is 0. The second-order valence-corrected chi connectivity index (χ2v) is 3.34. The van der Waals surface area contributed by atoms with E-state index in [1.54, 1.807) is 12.4 Å². The zero-order chi connectivity index (χ0) is 11.8. The summed E-state index contributed by atoms with van der Waals surface area (Å²) in [5.41, 5.74) is 2.20. The van der Waals surface area contributed by atoms with Crippen LogP contribution in [0.3, 0.4) is 0 Å². The number of nitrogens with zero attached hydrogens (tertiary/aromatic N) is 2. The highest BCUT2D eigenvalue weighted by atomic mass is 16.1. The first-order valence-electron chi connectivity index (χ1n) is 4.98. The maximum atomic E-state index is 11.1. The van der Waals surface area contributed by atoms with Crippen LogP contribution in [0.5, 0.6) is 0 Å². The first kappa shape index (κ1) is 12.1. The highest BCUT2D eigenvalue weighted by Gasteiger charge is 2.01. The summed E-state index contributed by atoms with van der Waals surface area (Å²) < 4.78 is 0. The second kappa shape index (κ2) is 6.53. The van der Waals surface area contributed by atoms with Gasteiger partial charge in [0.25, 0.3) is 0 Å². The quantitative estimate of drug-likeness (QED) is 0.688. The van der Waals surface area contributed by atoms with E-state index in [1.807, 2.05) is 19.1 Å². The molecule has 0 spiro atoms. The van der Waals surface area contributed by atoms with Gasteiger partial charge in [-0.05, 0) is 24.1 Å². The van der Waals surface area contributed by atoms with Gasteiger partial charge in [-0.2, -0.15) is 5.26 Å². The molecule has 1 aromatic rings. The van der Waals surface area contributed by atoms with E-state index < -0.39 is 0 Å². The number of nitrogens with one attached hydrogen (secondary N) is 2. The number of pyridine rings is 1. The van der Waals surface area contributed by atoms with Crippen molar-refractivity contribution in [2.45, 2.75) is 13.5 Å². The monoisotopic (exact) mass is 218 g/mol. The van der Waals surface area contributed by atoms with Gasteiger partial charge in [0.15, 0.2) is 0 Å². The van der Waals surface area contributed by atoms with Crippen molar-refractivity contribution in [2.24, 2.45) is 0 Å². The number of carbonyl (C=O) groups excluding carboxylic acids is 1. The van der Waals surface area contributed by atoms with Crippen LogP contribution >= 0.6 is 0 Å². The van der Waals surface area contributed by atoms with Gasteiger partial charge < -0.3 is 10.6 Å². The Balaban J connectivity index is 2.29. The predicted molar refractivity (Wildman–Crippen MR) is 59.3 cm³/mol. The zero-order valence-electron chi connectivity index (χ0n) is 9.16. The van der Waals surface area contributed by atoms with Crippen molar-refractivity contribution in [1.82, 2.24) is 15.6 Å². The van der Waals surface area contributed by atoms with E-state index in [-0.39, 0.29) is 19.0 Å². The van der Waals surface area contributed by atoms with Crippen LogP contribution in [-0.2, 0) is 11.3 Å². The third kappa shape index (κ3) is 4.07. The van der Waals surface area contributed by atoms with Crippen LogP contribution in [0.15, 0.2) is 18.5 Å². The molecular formula is C11H14N4O. The molecular weight excluding hydrogens is 204 g/mol. The molecule has 2 N–H and O–H groups in total. The fraction of sp³-hybridized carbons (Fsp3) is 0.364. The van der Waals surface area contributed by atoms with Gasteiger partial charge in [0.1, 0.15) is 6.54 Å². The Hall–Kier alpha value is -1.93. The van der Waals surface area contributed by atoms with Crippen LogP contribution in [0.1, 0.15) is 11.1 Å². The maximum Gasteiger partial charge on any atom is 0.234 e. The number of aromatic nitrogens is 1. The molecule has 0 aromatic carbocycles. The van der Waals surface area contributed by atoms with Crippen LogP contribution in [-0.4, -0.2) is 24.0 Å². The molecule has 0 aliphatic rings. The molecule has 84 valence electrons. The van der Waals surface area contributed by atoms with Crippen LogP contribution < -0.4 is 10.6 Å². The Kier molecular flexibility index (Phi) is 4.96. The van der Waals surface area contributed by atoms with Crippen LogP contribution in [0, 0.1) is 18.3 Å². The van der Waals surface area contributed by atoms with Gasteiger partial charge in [-0.15, -0.1) is 0 Å². The molecule has 0 saturated heterocycles. The maximum absolute atomic E-state index is 11.1. The highest BCUT2D eigenvalue weighted by Crippen LogP contribution is 2.03. The third-order valence-corrected chi connectivity index (χ3v) is 2.11. The van der Waals surface area contributed by atoms with E-state index in [0.29, 0.717) is 6.54 Å². The molecule has 0 fully saturated rings. The smallest absolute Gasteiger partial charge is 0.234 e. The van der Waals surface area contributed by atoms with Crippen molar-refractivity contribution in [3.8, 4) is 6.07 Å². The van der Waals surface area contributed by atoms with Gasteiger partial charge in [-0.25, -0.2) is 0 Å². The van der Waals surface area contributed by atoms with Crippen LogP contribution in [0.2, 0.25) is 0 Å². The minimum absolute atomic E-state index is 0.0480. The standard InChI is InChI=1S/C11H14N4O/c1-9-2-4-13-6-10(9)7-14-8-11(16)15-5-3-12/h2,4,6,14H,5,7-8H2,1H3,(H,15,16). The van der Waals surface area contributed by atoms with E-state index >= 15 is 0 Å². The van der Waals surface area contributed by atoms with Crippen molar-refractivity contribution >= 4 is 5.91 Å². The Bertz CT molecular complexity index is 397. The molecule has 0 aliphatic heterocycles. The zero-order valence-corrected chi connectivity index (χ0v) is 9.16. The lowest BCUT2D eigenvalue weighted by molar-refractivity contribution is -0.120. The van der Waals surface area contributed by atoms with Gasteiger partial charge in [0.05, 0.1) is 12.6 Å². The fourth-order valence-electron chi connectivity index (χ4n) is 1.19. The van der Waals surface area contributed by atoms with Crippen LogP contribution in [0.4, 0.5) is 0 Å². The second-order valence-electron chi connectivity index (χ2n) is 3.34. The number of rotatable bonds is 5. The summed E-state index contributed by atoms with van der Waals surface area (Å²) in [6, 6.07) is 3.77. The first-order valence-corrected chi connectivity index (χ1v) is 4.98. The molecule has 16 heavy (non-hydrogen) atoms. The van der Waals surface area contributed by atoms with E-state index in [9.17, 15) is 4.79 Å². The number of nitriles is 1. The van der Waals surface area contributed by atoms with E-state index in [4.69, 9.17) is 5.26 Å². The molecule has 1 rings (SSSR count). The summed E-state index contributed by atoms with van der Waals surface area (Å²) in [4.78, 5) is 15.1. The summed E-state index contributed by atoms with van der Waals surface area (Å²) in [6.07, 6.45) is 3.51. The Morgan fingerprint density at radius 2 is 2.44 bits per heavy atom. The number of aryl methyl sites for hydroxylation is 1. The minimum Gasteiger partial charge on any atom is -0.342 e. The summed E-state index contributed by atoms with van der Waals surface area (Å²) >= 11 is 0. The molecule has 1 amide bonds. The van der Waals surface area contributed by atoms with Crippen molar-refractivity contribution < 1.29 is 4.79 Å². The SMILES string of the molecule is Cc1ccncc1CNCC(=O)NCC#N. The lowest BCUT2D eigenvalue weighted by atomic mass is 10.1. The number of carbonyl (C=O) groups is 1. The summed E-state index contributed by atoms with van der Waals surface area (Å²) in [5.74, 6) is -0.178. The lowest BCUT2D eigenvalue weighted by Crippen LogP contribution is -2.33. The molecule has 0 unspecified atom stereocenters. The molecule has 0 atom stereocenters. The number of hydrogen-bond acceptors (Lipinski definition) is 4. The molecule has 0 aliphatic carbocycles. The molecule has 0 saturated carbocycles. The molecule has 5 nitrogen and oxygen atoms in total. The Morgan fingerprint density at radius 1 is 1.62 bits per heavy atom. The largest absolute Gasteiger partial charge is 0.342 e. The highest BCUT2D eigenvalue weighted by molar-refractivity contribution is 5.78. The average molecular weight is 218 g/mol. The molecule has 1 heterocycles. The van der Waals surface area contributed by atoms with Gasteiger partial charge >= 0.3 is 0 Å². The fourth-order valence-corrected chi connectivity index (χ4v) is 1.19. The predicted octanol–water partition coefficient (Wildman–Crippen LogP) is 0.119. The lowest BCUT2D eigenvalue weighted by Gasteiger charge is -2.06. The van der Waals surface area contributed by atoms with Gasteiger partial charge in [-0.1, -0.05) is 0 Å². The first-order chi connectivity index (χ1) is 7.74. The molecule has 5 heteroatoms. The normalized spacial score (nSPS) is 9.50. The number of amides is 1. The van der Waals surface area contributed by atoms with E-state index in [1.165, 1.54) is 0 Å². The minimum atomic E-state index is -0.178. The van der Waals surface area contributed by atoms with E-state index in [0.717, 1.165) is 11.1 Å². The topological polar surface area (TPSA) is 77.8 Å². The van der Waals surface area contributed by atoms with E-state index in [2.05, 4.69) is 15.6 Å². The van der Waals surface area contributed by atoms with Gasteiger partial charge in [0.2, 0.25) is 5.91 Å². The summed E-state index contributed by atoms with van der Waals surface area (Å²) in [6.45, 7) is 2.84. The summed E-state index contributed by atoms with van der Waals surface area (Å²) in [5, 5.41) is 13.7. The Labute approximate surface area is 94.5 Å². The average Bonchev–Trinajstić information content (AvgIpc) is 2.29. The molecule has 1 aromatic heterocycles. The molecule has 0 bridgehead atoms. The number of hydrogen-bond donors (Lipinski definition) is 2. The van der Waals surface area contributed by atoms with Crippen molar-refractivity contribution in [1.29, 1.82) is 5.26 Å². The van der Waals surface area contributed by atoms with Crippen molar-refractivity contribution in [3.63, 3.8) is 0 Å². The molecule has 0 radical (unpaired) electrons. The van der Waals surface area contributed by atoms with Gasteiger partial charge in [0, 0.05) is 18.9 Å².